The second kappa shape index (κ2) is 5.73. The highest BCUT2D eigenvalue weighted by molar-refractivity contribution is 5.08. The number of pyridine rings is 1. The smallest absolute Gasteiger partial charge is 0.184 e. The van der Waals surface area contributed by atoms with Crippen LogP contribution in [0.3, 0.4) is 0 Å². The summed E-state index contributed by atoms with van der Waals surface area (Å²) in [7, 11) is 1.99. The first-order chi connectivity index (χ1) is 6.77. The standard InChI is InChI=1S/C11H18NO2/c1-4-13-11(14-5-2)10-6-8-12(3)9-7-10/h6-9,11H,4-5H2,1-3H3/q+1. The molecule has 1 rings (SSSR count). The molecule has 78 valence electrons. The van der Waals surface area contributed by atoms with Crippen LogP contribution in [0.25, 0.3) is 0 Å². The predicted molar refractivity (Wildman–Crippen MR) is 53.6 cm³/mol. The van der Waals surface area contributed by atoms with Gasteiger partial charge < -0.3 is 9.47 Å². The summed E-state index contributed by atoms with van der Waals surface area (Å²) in [6, 6.07) is 4.02. The first-order valence-electron chi connectivity index (χ1n) is 4.96. The molecule has 0 aliphatic carbocycles. The van der Waals surface area contributed by atoms with Crippen LogP contribution in [0.15, 0.2) is 24.5 Å². The van der Waals surface area contributed by atoms with Gasteiger partial charge in [-0.1, -0.05) is 0 Å². The van der Waals surface area contributed by atoms with Gasteiger partial charge in [0.2, 0.25) is 0 Å². The molecular weight excluding hydrogens is 178 g/mol. The quantitative estimate of drug-likeness (QED) is 0.527. The lowest BCUT2D eigenvalue weighted by Crippen LogP contribution is -2.26. The maximum Gasteiger partial charge on any atom is 0.184 e. The average Bonchev–Trinajstić information content (AvgIpc) is 2.19. The maximum atomic E-state index is 5.48. The van der Waals surface area contributed by atoms with E-state index in [0.29, 0.717) is 13.2 Å². The molecule has 0 spiro atoms. The van der Waals surface area contributed by atoms with Crippen molar-refractivity contribution in [3.63, 3.8) is 0 Å². The number of hydrogen-bond donors (Lipinski definition) is 0. The van der Waals surface area contributed by atoms with E-state index in [4.69, 9.17) is 9.47 Å². The van der Waals surface area contributed by atoms with Gasteiger partial charge in [0.05, 0.1) is 0 Å². The van der Waals surface area contributed by atoms with Crippen molar-refractivity contribution in [2.75, 3.05) is 13.2 Å². The molecule has 1 aromatic rings. The number of nitrogens with zero attached hydrogens (tertiary/aromatic N) is 1. The minimum atomic E-state index is -0.230. The lowest BCUT2D eigenvalue weighted by atomic mass is 10.2. The van der Waals surface area contributed by atoms with Crippen LogP contribution in [0, 0.1) is 0 Å². The molecular formula is C11H18NO2+. The fourth-order valence-electron chi connectivity index (χ4n) is 1.21. The normalized spacial score (nSPS) is 10.9. The van der Waals surface area contributed by atoms with Gasteiger partial charge in [0.15, 0.2) is 18.7 Å². The van der Waals surface area contributed by atoms with Crippen molar-refractivity contribution in [2.24, 2.45) is 7.05 Å². The molecule has 0 aliphatic heterocycles. The van der Waals surface area contributed by atoms with Crippen LogP contribution in [0.4, 0.5) is 0 Å². The molecule has 0 atom stereocenters. The molecule has 0 N–H and O–H groups in total. The molecule has 3 heteroatoms. The van der Waals surface area contributed by atoms with Gasteiger partial charge in [0.25, 0.3) is 0 Å². The van der Waals surface area contributed by atoms with E-state index in [1.807, 2.05) is 50.0 Å². The summed E-state index contributed by atoms with van der Waals surface area (Å²) < 4.78 is 12.9. The Balaban J connectivity index is 2.71. The van der Waals surface area contributed by atoms with Crippen molar-refractivity contribution in [1.29, 1.82) is 0 Å². The number of aromatic nitrogens is 1. The lowest BCUT2D eigenvalue weighted by molar-refractivity contribution is -0.671. The van der Waals surface area contributed by atoms with E-state index in [9.17, 15) is 0 Å². The summed E-state index contributed by atoms with van der Waals surface area (Å²) in [4.78, 5) is 0. The van der Waals surface area contributed by atoms with Crippen LogP contribution in [0.2, 0.25) is 0 Å². The van der Waals surface area contributed by atoms with E-state index in [0.717, 1.165) is 5.56 Å². The molecule has 0 aromatic carbocycles. The maximum absolute atomic E-state index is 5.48. The molecule has 0 unspecified atom stereocenters. The van der Waals surface area contributed by atoms with Gasteiger partial charge in [-0.15, -0.1) is 0 Å². The Hall–Kier alpha value is -0.930. The fraction of sp³-hybridized carbons (Fsp3) is 0.545. The Labute approximate surface area is 85.3 Å². The van der Waals surface area contributed by atoms with Crippen molar-refractivity contribution in [3.8, 4) is 0 Å². The zero-order valence-corrected chi connectivity index (χ0v) is 9.06. The average molecular weight is 196 g/mol. The lowest BCUT2D eigenvalue weighted by Gasteiger charge is -2.16. The second-order valence-corrected chi connectivity index (χ2v) is 3.04. The molecule has 0 amide bonds. The SMILES string of the molecule is CCOC(OCC)c1cc[n+](C)cc1. The van der Waals surface area contributed by atoms with Crippen molar-refractivity contribution in [2.45, 2.75) is 20.1 Å². The van der Waals surface area contributed by atoms with Crippen LogP contribution < -0.4 is 4.57 Å². The summed E-state index contributed by atoms with van der Waals surface area (Å²) in [6.45, 7) is 5.25. The topological polar surface area (TPSA) is 22.3 Å². The fourth-order valence-corrected chi connectivity index (χ4v) is 1.21. The molecule has 3 nitrogen and oxygen atoms in total. The van der Waals surface area contributed by atoms with E-state index in [2.05, 4.69) is 0 Å². The largest absolute Gasteiger partial charge is 0.349 e. The number of hydrogen-bond acceptors (Lipinski definition) is 2. The van der Waals surface area contributed by atoms with Crippen molar-refractivity contribution in [3.05, 3.63) is 30.1 Å². The van der Waals surface area contributed by atoms with Gasteiger partial charge in [-0.05, 0) is 13.8 Å². The zero-order valence-electron chi connectivity index (χ0n) is 9.06. The van der Waals surface area contributed by atoms with E-state index in [1.54, 1.807) is 0 Å². The van der Waals surface area contributed by atoms with Gasteiger partial charge >= 0.3 is 0 Å². The Bertz CT molecular complexity index is 252. The Morgan fingerprint density at radius 1 is 1.14 bits per heavy atom. The van der Waals surface area contributed by atoms with E-state index < -0.39 is 0 Å². The highest BCUT2D eigenvalue weighted by Crippen LogP contribution is 2.16. The molecule has 0 saturated heterocycles. The van der Waals surface area contributed by atoms with Gasteiger partial charge in [-0.2, -0.15) is 0 Å². The van der Waals surface area contributed by atoms with E-state index in [-0.39, 0.29) is 6.29 Å². The predicted octanol–water partition coefficient (Wildman–Crippen LogP) is 1.58. The third kappa shape index (κ3) is 3.09. The minimum absolute atomic E-state index is 0.230. The minimum Gasteiger partial charge on any atom is -0.349 e. The van der Waals surface area contributed by atoms with Gasteiger partial charge in [-0.25, -0.2) is 4.57 Å². The summed E-state index contributed by atoms with van der Waals surface area (Å²) in [5, 5.41) is 0. The molecule has 0 aliphatic rings. The van der Waals surface area contributed by atoms with Gasteiger partial charge in [-0.3, -0.25) is 0 Å². The molecule has 0 saturated carbocycles. The van der Waals surface area contributed by atoms with Crippen molar-refractivity contribution >= 4 is 0 Å². The van der Waals surface area contributed by atoms with Crippen LogP contribution >= 0.6 is 0 Å². The number of rotatable bonds is 5. The summed E-state index contributed by atoms with van der Waals surface area (Å²) in [5.41, 5.74) is 1.06. The van der Waals surface area contributed by atoms with Crippen LogP contribution in [-0.4, -0.2) is 13.2 Å². The third-order valence-corrected chi connectivity index (χ3v) is 1.91. The Morgan fingerprint density at radius 3 is 2.07 bits per heavy atom. The summed E-state index contributed by atoms with van der Waals surface area (Å²) in [5.74, 6) is 0. The van der Waals surface area contributed by atoms with E-state index in [1.165, 1.54) is 0 Å². The summed E-state index contributed by atoms with van der Waals surface area (Å²) >= 11 is 0. The zero-order chi connectivity index (χ0) is 10.4. The molecule has 1 aromatic heterocycles. The molecule has 1 heterocycles. The summed E-state index contributed by atoms with van der Waals surface area (Å²) in [6.07, 6.45) is 3.74. The Kier molecular flexibility index (Phi) is 4.56. The Morgan fingerprint density at radius 2 is 1.64 bits per heavy atom. The monoisotopic (exact) mass is 196 g/mol. The van der Waals surface area contributed by atoms with Crippen molar-refractivity contribution in [1.82, 2.24) is 0 Å². The first kappa shape index (κ1) is 11.1. The van der Waals surface area contributed by atoms with Crippen molar-refractivity contribution < 1.29 is 14.0 Å². The van der Waals surface area contributed by atoms with Gasteiger partial charge in [0.1, 0.15) is 7.05 Å². The molecule has 14 heavy (non-hydrogen) atoms. The highest BCUT2D eigenvalue weighted by atomic mass is 16.7. The molecule has 0 radical (unpaired) electrons. The van der Waals surface area contributed by atoms with Crippen LogP contribution in [0.1, 0.15) is 25.7 Å². The third-order valence-electron chi connectivity index (χ3n) is 1.91. The molecule has 0 fully saturated rings. The van der Waals surface area contributed by atoms with Crippen LogP contribution in [0.5, 0.6) is 0 Å². The number of aryl methyl sites for hydroxylation is 1. The first-order valence-corrected chi connectivity index (χ1v) is 4.96. The van der Waals surface area contributed by atoms with Crippen LogP contribution in [-0.2, 0) is 16.5 Å². The second-order valence-electron chi connectivity index (χ2n) is 3.04. The van der Waals surface area contributed by atoms with E-state index >= 15 is 0 Å². The van der Waals surface area contributed by atoms with Gasteiger partial charge in [0, 0.05) is 30.9 Å². The highest BCUT2D eigenvalue weighted by Gasteiger charge is 2.11. The number of ether oxygens (including phenoxy) is 2. The molecule has 0 bridgehead atoms.